The molecule has 3 rings (SSSR count). The van der Waals surface area contributed by atoms with Gasteiger partial charge in [-0.05, 0) is 55.3 Å². The fourth-order valence-electron chi connectivity index (χ4n) is 3.40. The zero-order valence-corrected chi connectivity index (χ0v) is 19.2. The largest absolute Gasteiger partial charge is 0.353 e. The maximum atomic E-state index is 14.1. The zero-order chi connectivity index (χ0) is 24.0. The quantitative estimate of drug-likeness (QED) is 0.369. The molecule has 172 valence electrons. The number of nitrogens with zero attached hydrogens (tertiary/aromatic N) is 3. The number of rotatable bonds is 8. The van der Waals surface area contributed by atoms with Crippen LogP contribution in [-0.4, -0.2) is 34.0 Å². The summed E-state index contributed by atoms with van der Waals surface area (Å²) in [5.41, 5.74) is -2.99. The Bertz CT molecular complexity index is 1120. The average Bonchev–Trinajstić information content (AvgIpc) is 2.80. The zero-order valence-electron chi connectivity index (χ0n) is 17.6. The number of amides is 2. The number of alkyl halides is 2. The highest BCUT2D eigenvalue weighted by atomic mass is 35.5. The summed E-state index contributed by atoms with van der Waals surface area (Å²) >= 11 is 9.76. The van der Waals surface area contributed by atoms with Crippen LogP contribution >= 0.6 is 24.2 Å². The SMILES string of the molecule is C[C@@](C(=O)NCCc1cccc(F)c1)(c1cncnc1)N(C(=O)[C@H](F)Cl)c1ccc(S)cc1. The van der Waals surface area contributed by atoms with E-state index in [1.54, 1.807) is 24.3 Å². The summed E-state index contributed by atoms with van der Waals surface area (Å²) in [6.07, 6.45) is 4.35. The molecule has 0 saturated carbocycles. The van der Waals surface area contributed by atoms with E-state index in [1.807, 2.05) is 0 Å². The Morgan fingerprint density at radius 1 is 1.18 bits per heavy atom. The maximum absolute atomic E-state index is 14.1. The van der Waals surface area contributed by atoms with Crippen LogP contribution in [0.15, 0.2) is 72.1 Å². The van der Waals surface area contributed by atoms with Gasteiger partial charge in [0.1, 0.15) is 12.1 Å². The fraction of sp³-hybridized carbons (Fsp3) is 0.217. The highest BCUT2D eigenvalue weighted by Gasteiger charge is 2.46. The third-order valence-electron chi connectivity index (χ3n) is 5.12. The number of aromatic nitrogens is 2. The molecule has 2 atom stereocenters. The number of carbonyl (C=O) groups is 2. The van der Waals surface area contributed by atoms with Crippen molar-refractivity contribution in [2.45, 2.75) is 29.4 Å². The van der Waals surface area contributed by atoms with Crippen LogP contribution in [0.5, 0.6) is 0 Å². The molecule has 0 saturated heterocycles. The van der Waals surface area contributed by atoms with Gasteiger partial charge in [-0.3, -0.25) is 14.5 Å². The van der Waals surface area contributed by atoms with E-state index in [2.05, 4.69) is 27.9 Å². The number of nitrogens with one attached hydrogen (secondary N) is 1. The predicted octanol–water partition coefficient (Wildman–Crippen LogP) is 4.05. The Morgan fingerprint density at radius 3 is 2.45 bits per heavy atom. The summed E-state index contributed by atoms with van der Waals surface area (Å²) in [6, 6.07) is 12.3. The molecular weight excluding hydrogens is 470 g/mol. The number of hydrogen-bond donors (Lipinski definition) is 2. The molecule has 1 heterocycles. The van der Waals surface area contributed by atoms with Gasteiger partial charge in [-0.1, -0.05) is 23.7 Å². The molecule has 0 unspecified atom stereocenters. The molecule has 1 aromatic heterocycles. The van der Waals surface area contributed by atoms with Gasteiger partial charge in [0.2, 0.25) is 0 Å². The van der Waals surface area contributed by atoms with E-state index < -0.39 is 23.0 Å². The Kier molecular flexibility index (Phi) is 7.99. The lowest BCUT2D eigenvalue weighted by molar-refractivity contribution is -0.131. The molecule has 0 spiro atoms. The Balaban J connectivity index is 1.99. The second-order valence-electron chi connectivity index (χ2n) is 7.33. The molecule has 1 N–H and O–H groups in total. The van der Waals surface area contributed by atoms with Crippen molar-refractivity contribution in [3.8, 4) is 0 Å². The minimum Gasteiger partial charge on any atom is -0.353 e. The van der Waals surface area contributed by atoms with E-state index in [-0.39, 0.29) is 23.6 Å². The summed E-state index contributed by atoms with van der Waals surface area (Å²) in [5, 5.41) is 2.75. The minimum atomic E-state index is -2.40. The van der Waals surface area contributed by atoms with E-state index in [0.29, 0.717) is 16.9 Å². The van der Waals surface area contributed by atoms with Gasteiger partial charge in [-0.15, -0.1) is 12.6 Å². The maximum Gasteiger partial charge on any atom is 0.278 e. The number of thiol groups is 1. The lowest BCUT2D eigenvalue weighted by atomic mass is 9.89. The first-order valence-corrected chi connectivity index (χ1v) is 10.8. The second kappa shape index (κ2) is 10.7. The van der Waals surface area contributed by atoms with E-state index in [9.17, 15) is 18.4 Å². The molecule has 2 amide bonds. The highest BCUT2D eigenvalue weighted by Crippen LogP contribution is 2.35. The molecule has 0 aliphatic rings. The molecule has 0 radical (unpaired) electrons. The molecule has 0 fully saturated rings. The lowest BCUT2D eigenvalue weighted by Crippen LogP contribution is -2.58. The number of anilines is 1. The summed E-state index contributed by atoms with van der Waals surface area (Å²) in [5.74, 6) is -2.13. The molecule has 0 bridgehead atoms. The van der Waals surface area contributed by atoms with Crippen LogP contribution in [0.1, 0.15) is 18.1 Å². The predicted molar refractivity (Wildman–Crippen MR) is 124 cm³/mol. The summed E-state index contributed by atoms with van der Waals surface area (Å²) in [4.78, 5) is 35.9. The van der Waals surface area contributed by atoms with Crippen molar-refractivity contribution < 1.29 is 18.4 Å². The van der Waals surface area contributed by atoms with Crippen LogP contribution in [0.3, 0.4) is 0 Å². The van der Waals surface area contributed by atoms with Gasteiger partial charge in [0.15, 0.2) is 5.54 Å². The Hall–Kier alpha value is -3.04. The van der Waals surface area contributed by atoms with E-state index in [4.69, 9.17) is 11.6 Å². The van der Waals surface area contributed by atoms with Gasteiger partial charge >= 0.3 is 0 Å². The number of benzene rings is 2. The van der Waals surface area contributed by atoms with Crippen molar-refractivity contribution in [2.75, 3.05) is 11.4 Å². The third-order valence-corrected chi connectivity index (χ3v) is 5.60. The lowest BCUT2D eigenvalue weighted by Gasteiger charge is -2.40. The van der Waals surface area contributed by atoms with Crippen molar-refractivity contribution in [2.24, 2.45) is 0 Å². The summed E-state index contributed by atoms with van der Waals surface area (Å²) in [6.45, 7) is 1.60. The van der Waals surface area contributed by atoms with Crippen LogP contribution in [0.2, 0.25) is 0 Å². The van der Waals surface area contributed by atoms with Crippen LogP contribution in [0.4, 0.5) is 14.5 Å². The first-order chi connectivity index (χ1) is 15.7. The van der Waals surface area contributed by atoms with E-state index in [0.717, 1.165) is 4.90 Å². The average molecular weight is 491 g/mol. The highest BCUT2D eigenvalue weighted by molar-refractivity contribution is 7.80. The minimum absolute atomic E-state index is 0.142. The third kappa shape index (κ3) is 5.66. The smallest absolute Gasteiger partial charge is 0.278 e. The van der Waals surface area contributed by atoms with Gasteiger partial charge in [0.05, 0.1) is 0 Å². The van der Waals surface area contributed by atoms with Gasteiger partial charge in [0.25, 0.3) is 17.4 Å². The molecule has 0 aliphatic heterocycles. The van der Waals surface area contributed by atoms with Crippen LogP contribution in [0.25, 0.3) is 0 Å². The molecule has 3 aromatic rings. The van der Waals surface area contributed by atoms with Gasteiger partial charge in [0, 0.05) is 35.1 Å². The van der Waals surface area contributed by atoms with E-state index >= 15 is 0 Å². The molecule has 2 aromatic carbocycles. The van der Waals surface area contributed by atoms with Crippen molar-refractivity contribution in [1.82, 2.24) is 15.3 Å². The Morgan fingerprint density at radius 2 is 1.85 bits per heavy atom. The molecular formula is C23H21ClF2N4O2S. The topological polar surface area (TPSA) is 75.2 Å². The van der Waals surface area contributed by atoms with Crippen molar-refractivity contribution in [3.63, 3.8) is 0 Å². The van der Waals surface area contributed by atoms with Gasteiger partial charge in [-0.2, -0.15) is 0 Å². The van der Waals surface area contributed by atoms with Crippen LogP contribution < -0.4 is 10.2 Å². The first-order valence-electron chi connectivity index (χ1n) is 9.93. The molecule has 6 nitrogen and oxygen atoms in total. The molecule has 33 heavy (non-hydrogen) atoms. The van der Waals surface area contributed by atoms with Crippen LogP contribution in [-0.2, 0) is 21.5 Å². The monoisotopic (exact) mass is 490 g/mol. The van der Waals surface area contributed by atoms with Crippen molar-refractivity contribution in [1.29, 1.82) is 0 Å². The first kappa shape index (κ1) is 24.6. The normalized spacial score (nSPS) is 13.6. The molecule has 0 aliphatic carbocycles. The van der Waals surface area contributed by atoms with Gasteiger partial charge in [-0.25, -0.2) is 18.7 Å². The van der Waals surface area contributed by atoms with E-state index in [1.165, 1.54) is 49.9 Å². The summed E-state index contributed by atoms with van der Waals surface area (Å²) < 4.78 is 27.5. The standard InChI is InChI=1S/C23H21ClF2N4O2S/c1-23(16-12-27-14-28-13-16,22(32)29-10-9-15-3-2-4-17(25)11-15)30(21(31)20(24)26)18-5-7-19(33)8-6-18/h2-8,11-14,20,33H,9-10H2,1H3,(H,29,32)/t20-,23-/m0/s1. The van der Waals surface area contributed by atoms with Crippen LogP contribution in [0, 0.1) is 5.82 Å². The number of halogens is 3. The Labute approximate surface area is 200 Å². The second-order valence-corrected chi connectivity index (χ2v) is 8.23. The number of carbonyl (C=O) groups excluding carboxylic acids is 2. The summed E-state index contributed by atoms with van der Waals surface area (Å²) in [7, 11) is 0. The molecule has 10 heteroatoms. The van der Waals surface area contributed by atoms with Gasteiger partial charge < -0.3 is 5.32 Å². The fourth-order valence-corrected chi connectivity index (χ4v) is 3.65. The van der Waals surface area contributed by atoms with Crippen molar-refractivity contribution >= 4 is 41.7 Å². The number of hydrogen-bond acceptors (Lipinski definition) is 5. The van der Waals surface area contributed by atoms with Crippen molar-refractivity contribution in [3.05, 3.63) is 84.2 Å².